The van der Waals surface area contributed by atoms with E-state index in [1.165, 1.54) is 26.2 Å². The topological polar surface area (TPSA) is 89.9 Å². The summed E-state index contributed by atoms with van der Waals surface area (Å²) < 4.78 is 10.5. The molecule has 1 N–H and O–H groups in total. The van der Waals surface area contributed by atoms with Gasteiger partial charge in [0, 0.05) is 18.4 Å². The molecule has 0 saturated carbocycles. The minimum absolute atomic E-state index is 0.0718. The average molecular weight is 348 g/mol. The number of ether oxygens (including phenoxy) is 2. The number of methoxy groups -OCH3 is 1. The van der Waals surface area contributed by atoms with Gasteiger partial charge in [0.25, 0.3) is 0 Å². The number of cyclic esters (lactones) is 1. The van der Waals surface area contributed by atoms with Crippen LogP contribution in [0.1, 0.15) is 50.4 Å². The van der Waals surface area contributed by atoms with E-state index in [1.54, 1.807) is 19.9 Å². The Balaban J connectivity index is 2.20. The lowest BCUT2D eigenvalue weighted by atomic mass is 9.77. The standard InChI is InChI=1S/C19H24O6/c1-11(20)6-5-9-19(3)12(2)16(18(23)25-19)17(22)14-8-7-13(24-4)10-15(14)21/h7-8,10,12,16,21H,5-6,9H2,1-4H3/t12-,16+,19-/m1/s1. The maximum atomic E-state index is 12.8. The molecule has 1 saturated heterocycles. The number of benzene rings is 1. The molecule has 6 nitrogen and oxygen atoms in total. The fourth-order valence-corrected chi connectivity index (χ4v) is 3.26. The number of carbonyl (C=O) groups is 3. The summed E-state index contributed by atoms with van der Waals surface area (Å²) in [7, 11) is 1.46. The minimum atomic E-state index is -0.971. The van der Waals surface area contributed by atoms with E-state index in [2.05, 4.69) is 0 Å². The molecule has 3 atom stereocenters. The van der Waals surface area contributed by atoms with Crippen molar-refractivity contribution in [2.45, 2.75) is 45.6 Å². The van der Waals surface area contributed by atoms with Gasteiger partial charge in [-0.1, -0.05) is 6.92 Å². The predicted molar refractivity (Wildman–Crippen MR) is 90.7 cm³/mol. The number of carbonyl (C=O) groups excluding carboxylic acids is 3. The average Bonchev–Trinajstić information content (AvgIpc) is 2.75. The van der Waals surface area contributed by atoms with Gasteiger partial charge in [-0.25, -0.2) is 0 Å². The normalized spacial score (nSPS) is 25.5. The Bertz CT molecular complexity index is 695. The van der Waals surface area contributed by atoms with E-state index in [9.17, 15) is 19.5 Å². The third-order valence-electron chi connectivity index (χ3n) is 5.01. The van der Waals surface area contributed by atoms with E-state index in [4.69, 9.17) is 9.47 Å². The number of phenolic OH excluding ortho intramolecular Hbond substituents is 1. The largest absolute Gasteiger partial charge is 0.507 e. The van der Waals surface area contributed by atoms with Crippen LogP contribution in [-0.2, 0) is 14.3 Å². The first kappa shape index (κ1) is 19.0. The van der Waals surface area contributed by atoms with Gasteiger partial charge in [0.1, 0.15) is 28.8 Å². The van der Waals surface area contributed by atoms with Gasteiger partial charge in [0.15, 0.2) is 5.78 Å². The zero-order valence-electron chi connectivity index (χ0n) is 15.0. The molecule has 1 aromatic rings. The van der Waals surface area contributed by atoms with Gasteiger partial charge in [-0.2, -0.15) is 0 Å². The first-order chi connectivity index (χ1) is 11.7. The molecule has 0 unspecified atom stereocenters. The van der Waals surface area contributed by atoms with Crippen molar-refractivity contribution in [1.29, 1.82) is 0 Å². The van der Waals surface area contributed by atoms with Gasteiger partial charge in [-0.15, -0.1) is 0 Å². The first-order valence-electron chi connectivity index (χ1n) is 8.33. The molecule has 1 fully saturated rings. The monoisotopic (exact) mass is 348 g/mol. The number of Topliss-reactive ketones (excluding diaryl/α,β-unsaturated/α-hetero) is 2. The number of esters is 1. The highest BCUT2D eigenvalue weighted by molar-refractivity contribution is 6.11. The van der Waals surface area contributed by atoms with Crippen molar-refractivity contribution < 1.29 is 29.0 Å². The molecule has 2 rings (SSSR count). The first-order valence-corrected chi connectivity index (χ1v) is 8.33. The second-order valence-electron chi connectivity index (χ2n) is 6.80. The van der Waals surface area contributed by atoms with Crippen LogP contribution in [0.4, 0.5) is 0 Å². The number of phenols is 1. The van der Waals surface area contributed by atoms with Gasteiger partial charge in [-0.05, 0) is 38.8 Å². The minimum Gasteiger partial charge on any atom is -0.507 e. The van der Waals surface area contributed by atoms with E-state index in [1.807, 2.05) is 0 Å². The molecule has 1 heterocycles. The van der Waals surface area contributed by atoms with E-state index < -0.39 is 23.3 Å². The molecule has 1 aliphatic rings. The Labute approximate surface area is 147 Å². The van der Waals surface area contributed by atoms with E-state index in [-0.39, 0.29) is 23.0 Å². The summed E-state index contributed by atoms with van der Waals surface area (Å²) >= 11 is 0. The maximum Gasteiger partial charge on any atom is 0.317 e. The van der Waals surface area contributed by atoms with Crippen molar-refractivity contribution in [2.75, 3.05) is 7.11 Å². The molecule has 136 valence electrons. The van der Waals surface area contributed by atoms with Crippen LogP contribution in [0.2, 0.25) is 0 Å². The smallest absolute Gasteiger partial charge is 0.317 e. The van der Waals surface area contributed by atoms with Gasteiger partial charge in [0.2, 0.25) is 0 Å². The molecule has 0 aliphatic carbocycles. The fraction of sp³-hybridized carbons (Fsp3) is 0.526. The van der Waals surface area contributed by atoms with Crippen LogP contribution in [0.15, 0.2) is 18.2 Å². The van der Waals surface area contributed by atoms with Gasteiger partial charge in [0.05, 0.1) is 12.7 Å². The Morgan fingerprint density at radius 2 is 2.04 bits per heavy atom. The molecule has 1 aliphatic heterocycles. The molecule has 0 aromatic heterocycles. The lowest BCUT2D eigenvalue weighted by Gasteiger charge is -2.28. The van der Waals surface area contributed by atoms with Crippen molar-refractivity contribution in [3.63, 3.8) is 0 Å². The number of rotatable bonds is 7. The number of ketones is 2. The fourth-order valence-electron chi connectivity index (χ4n) is 3.26. The van der Waals surface area contributed by atoms with Crippen LogP contribution in [0.25, 0.3) is 0 Å². The van der Waals surface area contributed by atoms with Crippen molar-refractivity contribution in [3.8, 4) is 11.5 Å². The highest BCUT2D eigenvalue weighted by atomic mass is 16.6. The summed E-state index contributed by atoms with van der Waals surface area (Å²) in [5.41, 5.74) is -0.725. The lowest BCUT2D eigenvalue weighted by molar-refractivity contribution is -0.149. The molecule has 0 spiro atoms. The Morgan fingerprint density at radius 1 is 1.36 bits per heavy atom. The van der Waals surface area contributed by atoms with E-state index in [0.29, 0.717) is 25.0 Å². The van der Waals surface area contributed by atoms with Crippen molar-refractivity contribution in [3.05, 3.63) is 23.8 Å². The second kappa shape index (κ2) is 7.25. The van der Waals surface area contributed by atoms with Crippen molar-refractivity contribution in [2.24, 2.45) is 11.8 Å². The Kier molecular flexibility index (Phi) is 5.50. The summed E-state index contributed by atoms with van der Waals surface area (Å²) in [4.78, 5) is 36.2. The van der Waals surface area contributed by atoms with Crippen molar-refractivity contribution in [1.82, 2.24) is 0 Å². The van der Waals surface area contributed by atoms with E-state index in [0.717, 1.165) is 0 Å². The van der Waals surface area contributed by atoms with Gasteiger partial charge >= 0.3 is 5.97 Å². The summed E-state index contributed by atoms with van der Waals surface area (Å²) in [5, 5.41) is 10.1. The molecule has 25 heavy (non-hydrogen) atoms. The predicted octanol–water partition coefficient (Wildman–Crippen LogP) is 2.91. The zero-order chi connectivity index (χ0) is 18.8. The van der Waals surface area contributed by atoms with Crippen LogP contribution in [0.5, 0.6) is 11.5 Å². The van der Waals surface area contributed by atoms with Gasteiger partial charge in [-0.3, -0.25) is 9.59 Å². The summed E-state index contributed by atoms with van der Waals surface area (Å²) in [6.07, 6.45) is 1.52. The zero-order valence-corrected chi connectivity index (χ0v) is 15.0. The van der Waals surface area contributed by atoms with E-state index >= 15 is 0 Å². The maximum absolute atomic E-state index is 12.8. The molecule has 0 amide bonds. The number of hydrogen-bond donors (Lipinski definition) is 1. The quantitative estimate of drug-likeness (QED) is 0.463. The SMILES string of the molecule is COc1ccc(C(=O)[C@H]2C(=O)O[C@](C)(CCCC(C)=O)[C@@H]2C)c(O)c1. The van der Waals surface area contributed by atoms with Gasteiger partial charge < -0.3 is 19.4 Å². The van der Waals surface area contributed by atoms with Crippen LogP contribution < -0.4 is 4.74 Å². The van der Waals surface area contributed by atoms with Crippen molar-refractivity contribution >= 4 is 17.5 Å². The third kappa shape index (κ3) is 3.83. The summed E-state index contributed by atoms with van der Waals surface area (Å²) in [6.45, 7) is 5.10. The van der Waals surface area contributed by atoms with Crippen LogP contribution in [-0.4, -0.2) is 35.4 Å². The molecule has 0 radical (unpaired) electrons. The Hall–Kier alpha value is -2.37. The highest BCUT2D eigenvalue weighted by Crippen LogP contribution is 2.42. The van der Waals surface area contributed by atoms with Crippen LogP contribution in [0, 0.1) is 11.8 Å². The summed E-state index contributed by atoms with van der Waals surface area (Å²) in [6, 6.07) is 4.34. The van der Waals surface area contributed by atoms with Crippen LogP contribution >= 0.6 is 0 Å². The second-order valence-corrected chi connectivity index (χ2v) is 6.80. The third-order valence-corrected chi connectivity index (χ3v) is 5.01. The molecule has 0 bridgehead atoms. The molecule has 6 heteroatoms. The molecular weight excluding hydrogens is 324 g/mol. The highest BCUT2D eigenvalue weighted by Gasteiger charge is 2.53. The molecular formula is C19H24O6. The number of hydrogen-bond acceptors (Lipinski definition) is 6. The summed E-state index contributed by atoms with van der Waals surface area (Å²) in [5.74, 6) is -2.11. The van der Waals surface area contributed by atoms with Crippen LogP contribution in [0.3, 0.4) is 0 Å². The lowest BCUT2D eigenvalue weighted by Crippen LogP contribution is -2.33. The Morgan fingerprint density at radius 3 is 2.60 bits per heavy atom. The molecule has 1 aromatic carbocycles. The number of aromatic hydroxyl groups is 1.